The van der Waals surface area contributed by atoms with Gasteiger partial charge in [-0.1, -0.05) is 12.1 Å². The van der Waals surface area contributed by atoms with Crippen molar-refractivity contribution in [1.82, 2.24) is 4.90 Å². The summed E-state index contributed by atoms with van der Waals surface area (Å²) in [5.74, 6) is 0.210. The SMILES string of the molecule is CC(N)C1CCCN(Cc2cccc(C(N)=O)c2)C1. The molecule has 0 spiro atoms. The van der Waals surface area contributed by atoms with Gasteiger partial charge >= 0.3 is 0 Å². The van der Waals surface area contributed by atoms with E-state index in [2.05, 4.69) is 11.8 Å². The molecule has 2 atom stereocenters. The van der Waals surface area contributed by atoms with Crippen LogP contribution in [0.4, 0.5) is 0 Å². The molecule has 4 heteroatoms. The van der Waals surface area contributed by atoms with Crippen LogP contribution in [0.3, 0.4) is 0 Å². The molecule has 0 bridgehead atoms. The lowest BCUT2D eigenvalue weighted by Crippen LogP contribution is -2.41. The molecule has 0 saturated carbocycles. The summed E-state index contributed by atoms with van der Waals surface area (Å²) in [5, 5.41) is 0. The zero-order chi connectivity index (χ0) is 13.8. The predicted octanol–water partition coefficient (Wildman–Crippen LogP) is 1.34. The Kier molecular flexibility index (Phi) is 4.56. The van der Waals surface area contributed by atoms with Crippen molar-refractivity contribution in [1.29, 1.82) is 0 Å². The summed E-state index contributed by atoms with van der Waals surface area (Å²) in [6.45, 7) is 5.09. The van der Waals surface area contributed by atoms with Crippen LogP contribution >= 0.6 is 0 Å². The lowest BCUT2D eigenvalue weighted by Gasteiger charge is -2.34. The smallest absolute Gasteiger partial charge is 0.248 e. The number of carbonyl (C=O) groups excluding carboxylic acids is 1. The van der Waals surface area contributed by atoms with Crippen LogP contribution in [0.25, 0.3) is 0 Å². The van der Waals surface area contributed by atoms with Gasteiger partial charge in [0, 0.05) is 24.7 Å². The minimum Gasteiger partial charge on any atom is -0.366 e. The summed E-state index contributed by atoms with van der Waals surface area (Å²) in [4.78, 5) is 13.6. The molecule has 1 fully saturated rings. The summed E-state index contributed by atoms with van der Waals surface area (Å²) in [6, 6.07) is 7.83. The Labute approximate surface area is 114 Å². The van der Waals surface area contributed by atoms with Crippen LogP contribution in [0.5, 0.6) is 0 Å². The largest absolute Gasteiger partial charge is 0.366 e. The normalized spacial score (nSPS) is 22.1. The number of amides is 1. The topological polar surface area (TPSA) is 72.3 Å². The third kappa shape index (κ3) is 3.78. The van der Waals surface area contributed by atoms with Gasteiger partial charge in [0.15, 0.2) is 0 Å². The second kappa shape index (κ2) is 6.17. The fraction of sp³-hybridized carbons (Fsp3) is 0.533. The second-order valence-corrected chi connectivity index (χ2v) is 5.56. The standard InChI is InChI=1S/C15H23N3O/c1-11(16)14-6-3-7-18(10-14)9-12-4-2-5-13(8-12)15(17)19/h2,4-5,8,11,14H,3,6-7,9-10,16H2,1H3,(H2,17,19). The Balaban J connectivity index is 2.00. The van der Waals surface area contributed by atoms with E-state index in [9.17, 15) is 4.79 Å². The predicted molar refractivity (Wildman–Crippen MR) is 76.6 cm³/mol. The second-order valence-electron chi connectivity index (χ2n) is 5.56. The highest BCUT2D eigenvalue weighted by atomic mass is 16.1. The maximum absolute atomic E-state index is 11.2. The van der Waals surface area contributed by atoms with Gasteiger partial charge in [-0.05, 0) is 49.9 Å². The minimum atomic E-state index is -0.367. The van der Waals surface area contributed by atoms with E-state index in [-0.39, 0.29) is 11.9 Å². The van der Waals surface area contributed by atoms with E-state index in [0.717, 1.165) is 25.2 Å². The van der Waals surface area contributed by atoms with Crippen LogP contribution < -0.4 is 11.5 Å². The molecule has 1 amide bonds. The molecule has 2 unspecified atom stereocenters. The number of piperidine rings is 1. The molecular formula is C15H23N3O. The van der Waals surface area contributed by atoms with E-state index >= 15 is 0 Å². The number of likely N-dealkylation sites (tertiary alicyclic amines) is 1. The van der Waals surface area contributed by atoms with Gasteiger partial charge in [-0.3, -0.25) is 9.69 Å². The van der Waals surface area contributed by atoms with Gasteiger partial charge in [-0.2, -0.15) is 0 Å². The van der Waals surface area contributed by atoms with Crippen LogP contribution in [0.15, 0.2) is 24.3 Å². The highest BCUT2D eigenvalue weighted by molar-refractivity contribution is 5.92. The number of benzene rings is 1. The van der Waals surface area contributed by atoms with Crippen molar-refractivity contribution in [3.8, 4) is 0 Å². The Hall–Kier alpha value is -1.39. The monoisotopic (exact) mass is 261 g/mol. The first-order valence-corrected chi connectivity index (χ1v) is 6.93. The lowest BCUT2D eigenvalue weighted by atomic mass is 9.92. The molecular weight excluding hydrogens is 238 g/mol. The fourth-order valence-corrected chi connectivity index (χ4v) is 2.75. The van der Waals surface area contributed by atoms with Gasteiger partial charge in [0.2, 0.25) is 5.91 Å². The molecule has 1 aliphatic rings. The maximum atomic E-state index is 11.2. The summed E-state index contributed by atoms with van der Waals surface area (Å²) >= 11 is 0. The van der Waals surface area contributed by atoms with E-state index in [4.69, 9.17) is 11.5 Å². The Morgan fingerprint density at radius 1 is 1.53 bits per heavy atom. The number of hydrogen-bond donors (Lipinski definition) is 2. The number of nitrogens with two attached hydrogens (primary N) is 2. The Morgan fingerprint density at radius 3 is 3.00 bits per heavy atom. The number of nitrogens with zero attached hydrogens (tertiary/aromatic N) is 1. The van der Waals surface area contributed by atoms with Crippen molar-refractivity contribution >= 4 is 5.91 Å². The molecule has 0 aliphatic carbocycles. The average Bonchev–Trinajstić information content (AvgIpc) is 2.39. The average molecular weight is 261 g/mol. The number of hydrogen-bond acceptors (Lipinski definition) is 3. The van der Waals surface area contributed by atoms with Gasteiger partial charge in [-0.25, -0.2) is 0 Å². The van der Waals surface area contributed by atoms with Crippen LogP contribution in [0.2, 0.25) is 0 Å². The van der Waals surface area contributed by atoms with Crippen LogP contribution in [-0.2, 0) is 6.54 Å². The maximum Gasteiger partial charge on any atom is 0.248 e. The highest BCUT2D eigenvalue weighted by Gasteiger charge is 2.22. The molecule has 1 aliphatic heterocycles. The molecule has 19 heavy (non-hydrogen) atoms. The van der Waals surface area contributed by atoms with Gasteiger partial charge in [0.05, 0.1) is 0 Å². The van der Waals surface area contributed by atoms with E-state index in [1.54, 1.807) is 6.07 Å². The van der Waals surface area contributed by atoms with E-state index < -0.39 is 0 Å². The molecule has 1 saturated heterocycles. The van der Waals surface area contributed by atoms with E-state index in [0.29, 0.717) is 11.5 Å². The van der Waals surface area contributed by atoms with Gasteiger partial charge in [0.25, 0.3) is 0 Å². The van der Waals surface area contributed by atoms with Gasteiger partial charge < -0.3 is 11.5 Å². The van der Waals surface area contributed by atoms with Crippen LogP contribution in [0, 0.1) is 5.92 Å². The Morgan fingerprint density at radius 2 is 2.32 bits per heavy atom. The van der Waals surface area contributed by atoms with Crippen molar-refractivity contribution < 1.29 is 4.79 Å². The van der Waals surface area contributed by atoms with Gasteiger partial charge in [0.1, 0.15) is 0 Å². The molecule has 0 radical (unpaired) electrons. The van der Waals surface area contributed by atoms with E-state index in [1.165, 1.54) is 12.8 Å². The van der Waals surface area contributed by atoms with Gasteiger partial charge in [-0.15, -0.1) is 0 Å². The Bertz CT molecular complexity index is 445. The summed E-state index contributed by atoms with van der Waals surface area (Å²) in [6.07, 6.45) is 2.41. The number of rotatable bonds is 4. The number of primary amides is 1. The summed E-state index contributed by atoms with van der Waals surface area (Å²) in [5.41, 5.74) is 13.0. The molecule has 2 rings (SSSR count). The molecule has 104 valence electrons. The van der Waals surface area contributed by atoms with E-state index in [1.807, 2.05) is 18.2 Å². The minimum absolute atomic E-state index is 0.250. The fourth-order valence-electron chi connectivity index (χ4n) is 2.75. The zero-order valence-corrected chi connectivity index (χ0v) is 11.5. The number of carbonyl (C=O) groups is 1. The first-order chi connectivity index (χ1) is 9.06. The van der Waals surface area contributed by atoms with Crippen molar-refractivity contribution in [3.05, 3.63) is 35.4 Å². The third-order valence-corrected chi connectivity index (χ3v) is 3.90. The summed E-state index contributed by atoms with van der Waals surface area (Å²) in [7, 11) is 0. The molecule has 1 heterocycles. The summed E-state index contributed by atoms with van der Waals surface area (Å²) < 4.78 is 0. The van der Waals surface area contributed by atoms with Crippen molar-refractivity contribution in [2.75, 3.05) is 13.1 Å². The lowest BCUT2D eigenvalue weighted by molar-refractivity contribution is 0.1000. The molecule has 1 aromatic carbocycles. The highest BCUT2D eigenvalue weighted by Crippen LogP contribution is 2.20. The van der Waals surface area contributed by atoms with Crippen LogP contribution in [0.1, 0.15) is 35.7 Å². The molecule has 4 N–H and O–H groups in total. The molecule has 1 aromatic rings. The zero-order valence-electron chi connectivity index (χ0n) is 11.5. The molecule has 0 aromatic heterocycles. The first-order valence-electron chi connectivity index (χ1n) is 6.93. The third-order valence-electron chi connectivity index (χ3n) is 3.90. The first kappa shape index (κ1) is 14.0. The van der Waals surface area contributed by atoms with Crippen molar-refractivity contribution in [2.45, 2.75) is 32.4 Å². The quantitative estimate of drug-likeness (QED) is 0.859. The van der Waals surface area contributed by atoms with Crippen LogP contribution in [-0.4, -0.2) is 29.9 Å². The van der Waals surface area contributed by atoms with Crippen molar-refractivity contribution in [3.63, 3.8) is 0 Å². The van der Waals surface area contributed by atoms with Crippen molar-refractivity contribution in [2.24, 2.45) is 17.4 Å². The molecule has 4 nitrogen and oxygen atoms in total.